The monoisotopic (exact) mass is 386 g/mol. The van der Waals surface area contributed by atoms with Crippen molar-refractivity contribution in [1.29, 1.82) is 0 Å². The number of ether oxygens (including phenoxy) is 1. The van der Waals surface area contributed by atoms with Gasteiger partial charge < -0.3 is 4.74 Å². The average Bonchev–Trinajstić information content (AvgIpc) is 3.27. The van der Waals surface area contributed by atoms with E-state index < -0.39 is 0 Å². The van der Waals surface area contributed by atoms with E-state index in [-0.39, 0.29) is 0 Å². The van der Waals surface area contributed by atoms with Gasteiger partial charge in [0, 0.05) is 0 Å². The van der Waals surface area contributed by atoms with E-state index >= 15 is 0 Å². The van der Waals surface area contributed by atoms with Crippen LogP contribution >= 0.6 is 0 Å². The van der Waals surface area contributed by atoms with Gasteiger partial charge in [0.15, 0.2) is 0 Å². The molecule has 5 rings (SSSR count). The van der Waals surface area contributed by atoms with Gasteiger partial charge >= 0.3 is 0 Å². The maximum atomic E-state index is 6.02. The lowest BCUT2D eigenvalue weighted by molar-refractivity contribution is -0.110. The third-order valence-electron chi connectivity index (χ3n) is 11.1. The molecule has 4 saturated carbocycles. The summed E-state index contributed by atoms with van der Waals surface area (Å²) in [6.45, 7) is 12.8. The largest absolute Gasteiger partial charge is 0.370 e. The van der Waals surface area contributed by atoms with E-state index in [0.717, 1.165) is 41.4 Å². The fraction of sp³-hybridized carbons (Fsp3) is 1.00. The van der Waals surface area contributed by atoms with Crippen LogP contribution in [0.4, 0.5) is 0 Å². The lowest BCUT2D eigenvalue weighted by Gasteiger charge is -2.60. The number of hydrogen-bond acceptors (Lipinski definition) is 1. The SMILES string of the molecule is CC(C)CCCC(C)C1CCC2C3CC[C@H]4C[C@H]5O[C@@H]5CC4(C)C3CCC12C. The van der Waals surface area contributed by atoms with Crippen LogP contribution in [0.3, 0.4) is 0 Å². The van der Waals surface area contributed by atoms with E-state index in [9.17, 15) is 0 Å². The van der Waals surface area contributed by atoms with Crippen LogP contribution in [-0.4, -0.2) is 12.2 Å². The van der Waals surface area contributed by atoms with Crippen LogP contribution in [0.2, 0.25) is 0 Å². The van der Waals surface area contributed by atoms with Gasteiger partial charge in [0.05, 0.1) is 12.2 Å². The molecule has 0 amide bonds. The van der Waals surface area contributed by atoms with Crippen LogP contribution in [0.5, 0.6) is 0 Å². The summed E-state index contributed by atoms with van der Waals surface area (Å²) in [7, 11) is 0. The lowest BCUT2D eigenvalue weighted by atomic mass is 9.44. The molecule has 28 heavy (non-hydrogen) atoms. The summed E-state index contributed by atoms with van der Waals surface area (Å²) < 4.78 is 6.02. The fourth-order valence-electron chi connectivity index (χ4n) is 9.54. The standard InChI is InChI=1S/C27H46O/c1-17(2)7-6-8-18(3)21-11-12-22-20-10-9-19-15-24-25(28-24)16-27(19,5)23(20)13-14-26(21,22)4/h17-25H,6-16H2,1-5H3/t18?,19-,20?,21?,22?,23?,24+,25+,26?,27?/m0/s1. The Bertz CT molecular complexity index is 583. The van der Waals surface area contributed by atoms with Crippen molar-refractivity contribution in [1.82, 2.24) is 0 Å². The highest BCUT2D eigenvalue weighted by atomic mass is 16.6. The molecule has 1 heterocycles. The fourth-order valence-corrected chi connectivity index (χ4v) is 9.54. The first-order valence-electron chi connectivity index (χ1n) is 13.0. The van der Waals surface area contributed by atoms with Crippen molar-refractivity contribution in [3.63, 3.8) is 0 Å². The molecule has 4 aliphatic carbocycles. The van der Waals surface area contributed by atoms with Crippen molar-refractivity contribution in [3.05, 3.63) is 0 Å². The summed E-state index contributed by atoms with van der Waals surface area (Å²) in [5.41, 5.74) is 1.25. The first-order valence-corrected chi connectivity index (χ1v) is 13.0. The Kier molecular flexibility index (Phi) is 4.97. The Morgan fingerprint density at radius 1 is 0.857 bits per heavy atom. The maximum absolute atomic E-state index is 6.02. The second-order valence-electron chi connectivity index (χ2n) is 12.8. The van der Waals surface area contributed by atoms with E-state index in [1.165, 1.54) is 64.2 Å². The normalized spacial score (nSPS) is 53.1. The van der Waals surface area contributed by atoms with Gasteiger partial charge in [0.25, 0.3) is 0 Å². The van der Waals surface area contributed by atoms with Crippen molar-refractivity contribution in [2.24, 2.45) is 52.3 Å². The van der Waals surface area contributed by atoms with Gasteiger partial charge in [-0.15, -0.1) is 0 Å². The second kappa shape index (κ2) is 7.00. The summed E-state index contributed by atoms with van der Waals surface area (Å²) in [5, 5.41) is 0. The average molecular weight is 387 g/mol. The van der Waals surface area contributed by atoms with Crippen LogP contribution in [0.25, 0.3) is 0 Å². The van der Waals surface area contributed by atoms with Crippen molar-refractivity contribution in [2.45, 2.75) is 117 Å². The highest BCUT2D eigenvalue weighted by Gasteiger charge is 2.63. The second-order valence-corrected chi connectivity index (χ2v) is 12.8. The predicted molar refractivity (Wildman–Crippen MR) is 117 cm³/mol. The zero-order valence-corrected chi connectivity index (χ0v) is 19.4. The van der Waals surface area contributed by atoms with E-state index in [1.807, 2.05) is 0 Å². The van der Waals surface area contributed by atoms with E-state index in [4.69, 9.17) is 4.74 Å². The Labute approximate surface area is 174 Å². The summed E-state index contributed by atoms with van der Waals surface area (Å²) in [5.74, 6) is 6.84. The Balaban J connectivity index is 1.30. The molecule has 0 bridgehead atoms. The smallest absolute Gasteiger partial charge is 0.0847 e. The number of rotatable bonds is 5. The van der Waals surface area contributed by atoms with Gasteiger partial charge in [-0.05, 0) is 104 Å². The molecule has 0 aromatic carbocycles. The van der Waals surface area contributed by atoms with E-state index in [0.29, 0.717) is 23.0 Å². The Hall–Kier alpha value is -0.0400. The van der Waals surface area contributed by atoms with Gasteiger partial charge in [0.1, 0.15) is 0 Å². The quantitative estimate of drug-likeness (QED) is 0.446. The van der Waals surface area contributed by atoms with Gasteiger partial charge in [-0.3, -0.25) is 0 Å². The number of fused-ring (bicyclic) bond motifs is 6. The molecule has 0 radical (unpaired) electrons. The molecule has 5 fully saturated rings. The van der Waals surface area contributed by atoms with Crippen LogP contribution in [-0.2, 0) is 4.74 Å². The molecule has 1 aliphatic heterocycles. The highest BCUT2D eigenvalue weighted by molar-refractivity contribution is 5.12. The lowest BCUT2D eigenvalue weighted by Crippen LogP contribution is -2.54. The molecular weight excluding hydrogens is 340 g/mol. The first-order chi connectivity index (χ1) is 13.3. The summed E-state index contributed by atoms with van der Waals surface area (Å²) in [6, 6.07) is 0. The minimum Gasteiger partial charge on any atom is -0.370 e. The van der Waals surface area contributed by atoms with E-state index in [2.05, 4.69) is 34.6 Å². The van der Waals surface area contributed by atoms with Crippen molar-refractivity contribution in [3.8, 4) is 0 Å². The Morgan fingerprint density at radius 3 is 2.43 bits per heavy atom. The third-order valence-corrected chi connectivity index (χ3v) is 11.1. The Morgan fingerprint density at radius 2 is 1.64 bits per heavy atom. The predicted octanol–water partition coefficient (Wildman–Crippen LogP) is 7.49. The van der Waals surface area contributed by atoms with Gasteiger partial charge in [-0.25, -0.2) is 0 Å². The molecule has 0 aromatic heterocycles. The molecule has 5 aliphatic rings. The maximum Gasteiger partial charge on any atom is 0.0847 e. The zero-order valence-electron chi connectivity index (χ0n) is 19.4. The topological polar surface area (TPSA) is 12.5 Å². The minimum atomic E-state index is 0.600. The summed E-state index contributed by atoms with van der Waals surface area (Å²) >= 11 is 0. The van der Waals surface area contributed by atoms with Crippen LogP contribution < -0.4 is 0 Å². The van der Waals surface area contributed by atoms with Crippen molar-refractivity contribution >= 4 is 0 Å². The molecule has 1 saturated heterocycles. The molecule has 0 aromatic rings. The molecule has 1 heteroatoms. The first kappa shape index (κ1) is 19.9. The molecule has 7 unspecified atom stereocenters. The van der Waals surface area contributed by atoms with Crippen LogP contribution in [0.1, 0.15) is 105 Å². The van der Waals surface area contributed by atoms with E-state index in [1.54, 1.807) is 6.42 Å². The van der Waals surface area contributed by atoms with Crippen LogP contribution in [0, 0.1) is 52.3 Å². The molecule has 160 valence electrons. The molecule has 1 nitrogen and oxygen atoms in total. The van der Waals surface area contributed by atoms with Crippen molar-refractivity contribution < 1.29 is 4.74 Å². The molecule has 0 N–H and O–H groups in total. The van der Waals surface area contributed by atoms with Crippen molar-refractivity contribution in [2.75, 3.05) is 0 Å². The zero-order chi connectivity index (χ0) is 19.7. The highest BCUT2D eigenvalue weighted by Crippen LogP contribution is 2.69. The molecule has 10 atom stereocenters. The summed E-state index contributed by atoms with van der Waals surface area (Å²) in [4.78, 5) is 0. The van der Waals surface area contributed by atoms with Crippen LogP contribution in [0.15, 0.2) is 0 Å². The number of hydrogen-bond donors (Lipinski definition) is 0. The van der Waals surface area contributed by atoms with Gasteiger partial charge in [-0.2, -0.15) is 0 Å². The minimum absolute atomic E-state index is 0.600. The van der Waals surface area contributed by atoms with Gasteiger partial charge in [-0.1, -0.05) is 53.9 Å². The third kappa shape index (κ3) is 3.04. The molecular formula is C27H46O. The summed E-state index contributed by atoms with van der Waals surface area (Å²) in [6.07, 6.45) is 17.6. The number of epoxide rings is 1. The van der Waals surface area contributed by atoms with Gasteiger partial charge in [0.2, 0.25) is 0 Å². The molecule has 0 spiro atoms.